The van der Waals surface area contributed by atoms with Crippen molar-refractivity contribution in [2.45, 2.75) is 13.0 Å². The van der Waals surface area contributed by atoms with Crippen molar-refractivity contribution >= 4 is 22.4 Å². The van der Waals surface area contributed by atoms with Crippen molar-refractivity contribution in [1.29, 1.82) is 0 Å². The zero-order valence-corrected chi connectivity index (χ0v) is 13.7. The number of aromatic nitrogens is 2. The van der Waals surface area contributed by atoms with Crippen LogP contribution < -0.4 is 20.7 Å². The van der Waals surface area contributed by atoms with Crippen LogP contribution in [0.1, 0.15) is 15.4 Å². The van der Waals surface area contributed by atoms with E-state index in [0.29, 0.717) is 12.3 Å². The normalized spacial score (nSPS) is 18.0. The predicted octanol–water partition coefficient (Wildman–Crippen LogP) is 0.803. The maximum absolute atomic E-state index is 11.4. The number of piperazine rings is 1. The van der Waals surface area contributed by atoms with Crippen LogP contribution in [-0.2, 0) is 0 Å². The van der Waals surface area contributed by atoms with Crippen LogP contribution in [-0.4, -0.2) is 48.2 Å². The molecular formula is C15H19N5O2S. The standard InChI is InChI=1S/C15H19N5O2S/c1-10-13(14(16)21)19-15(23-10)20-6-5-18-7-11(20)9-22-12-3-2-4-17-8-12/h2-4,8,11,18H,5-7,9H2,1H3,(H2,16,21). The van der Waals surface area contributed by atoms with Gasteiger partial charge in [0.05, 0.1) is 12.2 Å². The molecule has 0 aliphatic carbocycles. The number of nitrogens with one attached hydrogen (secondary N) is 1. The minimum absolute atomic E-state index is 0.134. The molecule has 122 valence electrons. The van der Waals surface area contributed by atoms with Gasteiger partial charge >= 0.3 is 0 Å². The lowest BCUT2D eigenvalue weighted by molar-refractivity contribution is 0.0995. The highest BCUT2D eigenvalue weighted by Crippen LogP contribution is 2.27. The summed E-state index contributed by atoms with van der Waals surface area (Å²) in [7, 11) is 0. The molecule has 1 fully saturated rings. The lowest BCUT2D eigenvalue weighted by atomic mass is 10.2. The number of anilines is 1. The van der Waals surface area contributed by atoms with E-state index in [1.807, 2.05) is 19.1 Å². The van der Waals surface area contributed by atoms with Crippen LogP contribution in [0, 0.1) is 6.92 Å². The molecule has 3 rings (SSSR count). The highest BCUT2D eigenvalue weighted by atomic mass is 32.1. The van der Waals surface area contributed by atoms with Crippen LogP contribution >= 0.6 is 11.3 Å². The van der Waals surface area contributed by atoms with Gasteiger partial charge in [0, 0.05) is 30.7 Å². The molecule has 1 unspecified atom stereocenters. The molecule has 2 aromatic heterocycles. The summed E-state index contributed by atoms with van der Waals surface area (Å²) in [5.41, 5.74) is 5.73. The van der Waals surface area contributed by atoms with Crippen LogP contribution in [0.3, 0.4) is 0 Å². The zero-order chi connectivity index (χ0) is 16.2. The van der Waals surface area contributed by atoms with Crippen LogP contribution in [0.4, 0.5) is 5.13 Å². The minimum atomic E-state index is -0.483. The van der Waals surface area contributed by atoms with Gasteiger partial charge in [-0.3, -0.25) is 9.78 Å². The van der Waals surface area contributed by atoms with Crippen LogP contribution in [0.25, 0.3) is 0 Å². The van der Waals surface area contributed by atoms with Crippen molar-refractivity contribution < 1.29 is 9.53 Å². The molecule has 3 heterocycles. The molecular weight excluding hydrogens is 314 g/mol. The molecule has 0 aromatic carbocycles. The third-order valence-electron chi connectivity index (χ3n) is 3.69. The molecule has 0 bridgehead atoms. The summed E-state index contributed by atoms with van der Waals surface area (Å²) in [6.45, 7) is 4.86. The number of amides is 1. The second-order valence-corrected chi connectivity index (χ2v) is 6.50. The molecule has 1 saturated heterocycles. The van der Waals surface area contributed by atoms with Crippen molar-refractivity contribution in [2.75, 3.05) is 31.1 Å². The maximum Gasteiger partial charge on any atom is 0.268 e. The molecule has 2 aromatic rings. The predicted molar refractivity (Wildman–Crippen MR) is 89.1 cm³/mol. The Hall–Kier alpha value is -2.19. The summed E-state index contributed by atoms with van der Waals surface area (Å²) in [4.78, 5) is 22.9. The van der Waals surface area contributed by atoms with Crippen LogP contribution in [0.5, 0.6) is 5.75 Å². The number of carbonyl (C=O) groups excluding carboxylic acids is 1. The summed E-state index contributed by atoms with van der Waals surface area (Å²) in [5.74, 6) is 0.259. The van der Waals surface area contributed by atoms with Crippen molar-refractivity contribution in [3.8, 4) is 5.75 Å². The summed E-state index contributed by atoms with van der Waals surface area (Å²) in [6.07, 6.45) is 3.41. The monoisotopic (exact) mass is 333 g/mol. The van der Waals surface area contributed by atoms with Gasteiger partial charge in [0.25, 0.3) is 5.91 Å². The number of pyridine rings is 1. The van der Waals surface area contributed by atoms with E-state index in [2.05, 4.69) is 20.2 Å². The molecule has 3 N–H and O–H groups in total. The van der Waals surface area contributed by atoms with Crippen molar-refractivity contribution in [2.24, 2.45) is 5.73 Å². The molecule has 23 heavy (non-hydrogen) atoms. The Bertz CT molecular complexity index is 676. The van der Waals surface area contributed by atoms with Gasteiger partial charge in [-0.25, -0.2) is 4.98 Å². The van der Waals surface area contributed by atoms with Crippen LogP contribution in [0.2, 0.25) is 0 Å². The Morgan fingerprint density at radius 1 is 1.61 bits per heavy atom. The molecule has 7 nitrogen and oxygen atoms in total. The molecule has 0 radical (unpaired) electrons. The first kappa shape index (κ1) is 15.7. The van der Waals surface area contributed by atoms with Gasteiger partial charge in [-0.1, -0.05) is 0 Å². The van der Waals surface area contributed by atoms with Gasteiger partial charge < -0.3 is 20.7 Å². The van der Waals surface area contributed by atoms with E-state index in [1.54, 1.807) is 12.4 Å². The number of thiazole rings is 1. The Morgan fingerprint density at radius 2 is 2.48 bits per heavy atom. The van der Waals surface area contributed by atoms with Gasteiger partial charge in [-0.15, -0.1) is 11.3 Å². The SMILES string of the molecule is Cc1sc(N2CCNCC2COc2cccnc2)nc1C(N)=O. The fourth-order valence-corrected chi connectivity index (χ4v) is 3.53. The largest absolute Gasteiger partial charge is 0.490 e. The van der Waals surface area contributed by atoms with Gasteiger partial charge in [0.15, 0.2) is 5.13 Å². The highest BCUT2D eigenvalue weighted by Gasteiger charge is 2.27. The van der Waals surface area contributed by atoms with E-state index < -0.39 is 5.91 Å². The number of rotatable bonds is 5. The first-order valence-corrected chi connectivity index (χ1v) is 8.24. The quantitative estimate of drug-likeness (QED) is 0.841. The number of nitrogens with two attached hydrogens (primary N) is 1. The number of hydrogen-bond acceptors (Lipinski definition) is 7. The number of hydrogen-bond donors (Lipinski definition) is 2. The molecule has 1 aliphatic heterocycles. The molecule has 0 saturated carbocycles. The molecule has 1 aliphatic rings. The average molecular weight is 333 g/mol. The zero-order valence-electron chi connectivity index (χ0n) is 12.9. The molecule has 1 amide bonds. The fourth-order valence-electron chi connectivity index (χ4n) is 2.52. The Labute approximate surface area is 138 Å². The first-order chi connectivity index (χ1) is 11.1. The van der Waals surface area contributed by atoms with Crippen molar-refractivity contribution in [3.05, 3.63) is 35.1 Å². The summed E-state index contributed by atoms with van der Waals surface area (Å²) < 4.78 is 5.82. The lowest BCUT2D eigenvalue weighted by Gasteiger charge is -2.35. The number of primary amides is 1. The number of nitrogens with zero attached hydrogens (tertiary/aromatic N) is 3. The summed E-state index contributed by atoms with van der Waals surface area (Å²) in [5, 5.41) is 4.18. The topological polar surface area (TPSA) is 93.4 Å². The van der Waals surface area contributed by atoms with E-state index in [9.17, 15) is 4.79 Å². The van der Waals surface area contributed by atoms with E-state index in [0.717, 1.165) is 35.4 Å². The van der Waals surface area contributed by atoms with Gasteiger partial charge in [-0.2, -0.15) is 0 Å². The second-order valence-electron chi connectivity index (χ2n) is 5.32. The van der Waals surface area contributed by atoms with Gasteiger partial charge in [-0.05, 0) is 19.1 Å². The Balaban J connectivity index is 1.73. The van der Waals surface area contributed by atoms with Crippen molar-refractivity contribution in [3.63, 3.8) is 0 Å². The molecule has 8 heteroatoms. The van der Waals surface area contributed by atoms with E-state index >= 15 is 0 Å². The number of aryl methyl sites for hydroxylation is 1. The van der Waals surface area contributed by atoms with Crippen LogP contribution in [0.15, 0.2) is 24.5 Å². The fraction of sp³-hybridized carbons (Fsp3) is 0.400. The second kappa shape index (κ2) is 6.93. The summed E-state index contributed by atoms with van der Waals surface area (Å²) >= 11 is 1.49. The molecule has 1 atom stereocenters. The highest BCUT2D eigenvalue weighted by molar-refractivity contribution is 7.15. The Morgan fingerprint density at radius 3 is 3.17 bits per heavy atom. The van der Waals surface area contributed by atoms with E-state index in [4.69, 9.17) is 10.5 Å². The van der Waals surface area contributed by atoms with E-state index in [-0.39, 0.29) is 6.04 Å². The average Bonchev–Trinajstić information content (AvgIpc) is 2.96. The first-order valence-electron chi connectivity index (χ1n) is 7.42. The Kier molecular flexibility index (Phi) is 4.73. The number of ether oxygens (including phenoxy) is 1. The van der Waals surface area contributed by atoms with Gasteiger partial charge in [0.1, 0.15) is 18.1 Å². The summed E-state index contributed by atoms with van der Waals surface area (Å²) in [6, 6.07) is 3.86. The minimum Gasteiger partial charge on any atom is -0.490 e. The third kappa shape index (κ3) is 3.59. The number of carbonyl (C=O) groups is 1. The lowest BCUT2D eigenvalue weighted by Crippen LogP contribution is -2.54. The third-order valence-corrected chi connectivity index (χ3v) is 4.70. The van der Waals surface area contributed by atoms with Gasteiger partial charge in [0.2, 0.25) is 0 Å². The van der Waals surface area contributed by atoms with E-state index in [1.165, 1.54) is 11.3 Å². The molecule has 0 spiro atoms. The van der Waals surface area contributed by atoms with Crippen molar-refractivity contribution in [1.82, 2.24) is 15.3 Å². The smallest absolute Gasteiger partial charge is 0.268 e. The maximum atomic E-state index is 11.4.